The summed E-state index contributed by atoms with van der Waals surface area (Å²) in [6.07, 6.45) is 3.76. The third-order valence-electron chi connectivity index (χ3n) is 2.67. The quantitative estimate of drug-likeness (QED) is 0.852. The summed E-state index contributed by atoms with van der Waals surface area (Å²) in [5.41, 5.74) is 2.53. The van der Waals surface area contributed by atoms with Gasteiger partial charge in [0.15, 0.2) is 0 Å². The molecule has 0 saturated carbocycles. The largest absolute Gasteiger partial charge is 0.369 e. The summed E-state index contributed by atoms with van der Waals surface area (Å²) in [6.45, 7) is 0.683. The minimum absolute atomic E-state index is 0.616. The zero-order valence-electron chi connectivity index (χ0n) is 10.3. The van der Waals surface area contributed by atoms with E-state index in [0.717, 1.165) is 11.3 Å². The average molecular weight is 261 g/mol. The maximum absolute atomic E-state index is 9.09. The van der Waals surface area contributed by atoms with E-state index in [0.29, 0.717) is 17.1 Å². The number of hydrogen-bond donors (Lipinski definition) is 0. The number of benzene rings is 1. The molecule has 0 bridgehead atoms. The van der Waals surface area contributed by atoms with Gasteiger partial charge in [-0.25, -0.2) is 0 Å². The zero-order valence-corrected chi connectivity index (χ0v) is 11.0. The van der Waals surface area contributed by atoms with E-state index in [1.54, 1.807) is 22.9 Å². The van der Waals surface area contributed by atoms with Crippen LogP contribution in [0, 0.1) is 11.3 Å². The first-order valence-corrected chi connectivity index (χ1v) is 5.86. The maximum atomic E-state index is 9.09. The number of aryl methyl sites for hydroxylation is 1. The standard InChI is InChI=1S/C13H13ClN4/c1-17(8-10-7-16-18(2)9-10)13-5-12(14)4-3-11(13)6-15/h3-5,7,9H,8H2,1-2H3. The van der Waals surface area contributed by atoms with E-state index >= 15 is 0 Å². The molecule has 18 heavy (non-hydrogen) atoms. The van der Waals surface area contributed by atoms with Gasteiger partial charge in [0.1, 0.15) is 6.07 Å². The second-order valence-corrected chi connectivity index (χ2v) is 4.59. The first kappa shape index (κ1) is 12.5. The molecule has 0 saturated heterocycles. The second-order valence-electron chi connectivity index (χ2n) is 4.15. The molecule has 0 radical (unpaired) electrons. The summed E-state index contributed by atoms with van der Waals surface area (Å²) in [5, 5.41) is 13.8. The van der Waals surface area contributed by atoms with Crippen molar-refractivity contribution in [3.05, 3.63) is 46.7 Å². The smallest absolute Gasteiger partial charge is 0.101 e. The Morgan fingerprint density at radius 3 is 2.89 bits per heavy atom. The summed E-state index contributed by atoms with van der Waals surface area (Å²) in [7, 11) is 3.81. The molecule has 0 aliphatic heterocycles. The molecule has 0 amide bonds. The van der Waals surface area contributed by atoms with E-state index in [9.17, 15) is 0 Å². The minimum Gasteiger partial charge on any atom is -0.369 e. The van der Waals surface area contributed by atoms with Crippen molar-refractivity contribution in [3.8, 4) is 6.07 Å². The highest BCUT2D eigenvalue weighted by atomic mass is 35.5. The average Bonchev–Trinajstić information content (AvgIpc) is 2.74. The van der Waals surface area contributed by atoms with Crippen LogP contribution >= 0.6 is 11.6 Å². The van der Waals surface area contributed by atoms with Crippen molar-refractivity contribution in [2.75, 3.05) is 11.9 Å². The van der Waals surface area contributed by atoms with Gasteiger partial charge in [0.25, 0.3) is 0 Å². The van der Waals surface area contributed by atoms with E-state index in [-0.39, 0.29) is 0 Å². The van der Waals surface area contributed by atoms with Gasteiger partial charge in [-0.2, -0.15) is 10.4 Å². The highest BCUT2D eigenvalue weighted by molar-refractivity contribution is 6.30. The molecule has 4 nitrogen and oxygen atoms in total. The Hall–Kier alpha value is -1.99. The van der Waals surface area contributed by atoms with E-state index in [4.69, 9.17) is 16.9 Å². The molecule has 0 N–H and O–H groups in total. The highest BCUT2D eigenvalue weighted by Crippen LogP contribution is 2.24. The molecule has 92 valence electrons. The molecule has 2 rings (SSSR count). The van der Waals surface area contributed by atoms with Crippen LogP contribution in [0.1, 0.15) is 11.1 Å². The summed E-state index contributed by atoms with van der Waals surface area (Å²) in [5.74, 6) is 0. The maximum Gasteiger partial charge on any atom is 0.101 e. The third kappa shape index (κ3) is 2.63. The van der Waals surface area contributed by atoms with Crippen molar-refractivity contribution >= 4 is 17.3 Å². The minimum atomic E-state index is 0.616. The predicted octanol–water partition coefficient (Wildman–Crippen LogP) is 2.58. The van der Waals surface area contributed by atoms with Gasteiger partial charge < -0.3 is 4.90 Å². The molecule has 2 aromatic rings. The normalized spacial score (nSPS) is 10.1. The molecule has 1 aromatic heterocycles. The lowest BCUT2D eigenvalue weighted by molar-refractivity contribution is 0.766. The highest BCUT2D eigenvalue weighted by Gasteiger charge is 2.09. The first-order chi connectivity index (χ1) is 8.60. The lowest BCUT2D eigenvalue weighted by Gasteiger charge is -2.19. The van der Waals surface area contributed by atoms with Crippen molar-refractivity contribution in [2.24, 2.45) is 7.05 Å². The van der Waals surface area contributed by atoms with Crippen LogP contribution in [-0.2, 0) is 13.6 Å². The predicted molar refractivity (Wildman–Crippen MR) is 71.5 cm³/mol. The van der Waals surface area contributed by atoms with E-state index < -0.39 is 0 Å². The van der Waals surface area contributed by atoms with Crippen LogP contribution in [0.2, 0.25) is 5.02 Å². The van der Waals surface area contributed by atoms with Gasteiger partial charge in [-0.15, -0.1) is 0 Å². The molecule has 5 heteroatoms. The van der Waals surface area contributed by atoms with Gasteiger partial charge in [-0.05, 0) is 18.2 Å². The molecule has 1 heterocycles. The number of anilines is 1. The molecule has 0 aliphatic rings. The topological polar surface area (TPSA) is 44.9 Å². The molecular formula is C13H13ClN4. The van der Waals surface area contributed by atoms with Gasteiger partial charge in [0, 0.05) is 37.4 Å². The Morgan fingerprint density at radius 1 is 1.50 bits per heavy atom. The van der Waals surface area contributed by atoms with Crippen molar-refractivity contribution in [3.63, 3.8) is 0 Å². The van der Waals surface area contributed by atoms with Crippen molar-refractivity contribution < 1.29 is 0 Å². The van der Waals surface area contributed by atoms with Gasteiger partial charge in [0.05, 0.1) is 17.4 Å². The summed E-state index contributed by atoms with van der Waals surface area (Å²) in [4.78, 5) is 1.99. The van der Waals surface area contributed by atoms with E-state index in [1.165, 1.54) is 0 Å². The fraction of sp³-hybridized carbons (Fsp3) is 0.231. The Bertz CT molecular complexity index is 597. The zero-order chi connectivity index (χ0) is 13.1. The summed E-state index contributed by atoms with van der Waals surface area (Å²) >= 11 is 5.97. The number of nitrogens with zero attached hydrogens (tertiary/aromatic N) is 4. The van der Waals surface area contributed by atoms with Crippen LogP contribution in [0.3, 0.4) is 0 Å². The number of rotatable bonds is 3. The SMILES string of the molecule is CN(Cc1cnn(C)c1)c1cc(Cl)ccc1C#N. The van der Waals surface area contributed by atoms with Gasteiger partial charge in [-0.1, -0.05) is 11.6 Å². The van der Waals surface area contributed by atoms with E-state index in [2.05, 4.69) is 11.2 Å². The van der Waals surface area contributed by atoms with Crippen LogP contribution in [0.5, 0.6) is 0 Å². The Balaban J connectivity index is 2.26. The lowest BCUT2D eigenvalue weighted by Crippen LogP contribution is -2.17. The van der Waals surface area contributed by atoms with Crippen molar-refractivity contribution in [1.82, 2.24) is 9.78 Å². The van der Waals surface area contributed by atoms with Gasteiger partial charge in [-0.3, -0.25) is 4.68 Å². The van der Waals surface area contributed by atoms with Crippen LogP contribution in [0.4, 0.5) is 5.69 Å². The van der Waals surface area contributed by atoms with Crippen LogP contribution in [-0.4, -0.2) is 16.8 Å². The Kier molecular flexibility index (Phi) is 3.54. The Morgan fingerprint density at radius 2 is 2.28 bits per heavy atom. The Labute approximate surface area is 111 Å². The lowest BCUT2D eigenvalue weighted by atomic mass is 10.1. The molecule has 0 aliphatic carbocycles. The fourth-order valence-electron chi connectivity index (χ4n) is 1.83. The number of hydrogen-bond acceptors (Lipinski definition) is 3. The van der Waals surface area contributed by atoms with Crippen molar-refractivity contribution in [2.45, 2.75) is 6.54 Å². The molecule has 0 fully saturated rings. The van der Waals surface area contributed by atoms with Gasteiger partial charge >= 0.3 is 0 Å². The molecular weight excluding hydrogens is 248 g/mol. The number of aromatic nitrogens is 2. The summed E-state index contributed by atoms with van der Waals surface area (Å²) < 4.78 is 1.76. The number of nitriles is 1. The van der Waals surface area contributed by atoms with E-state index in [1.807, 2.05) is 31.4 Å². The van der Waals surface area contributed by atoms with Crippen LogP contribution < -0.4 is 4.90 Å². The summed E-state index contributed by atoms with van der Waals surface area (Å²) in [6, 6.07) is 7.43. The monoisotopic (exact) mass is 260 g/mol. The first-order valence-electron chi connectivity index (χ1n) is 5.48. The number of halogens is 1. The fourth-order valence-corrected chi connectivity index (χ4v) is 1.99. The van der Waals surface area contributed by atoms with Crippen LogP contribution in [0.15, 0.2) is 30.6 Å². The third-order valence-corrected chi connectivity index (χ3v) is 2.90. The molecule has 0 unspecified atom stereocenters. The van der Waals surface area contributed by atoms with Crippen molar-refractivity contribution in [1.29, 1.82) is 5.26 Å². The van der Waals surface area contributed by atoms with Crippen LogP contribution in [0.25, 0.3) is 0 Å². The second kappa shape index (κ2) is 5.11. The molecule has 0 spiro atoms. The molecule has 1 aromatic carbocycles. The van der Waals surface area contributed by atoms with Gasteiger partial charge in [0.2, 0.25) is 0 Å². The molecule has 0 atom stereocenters.